The van der Waals surface area contributed by atoms with Crippen molar-refractivity contribution in [3.63, 3.8) is 0 Å². The molecule has 0 fully saturated rings. The topological polar surface area (TPSA) is 80.9 Å². The van der Waals surface area contributed by atoms with Gasteiger partial charge in [-0.1, -0.05) is 12.2 Å². The largest absolute Gasteiger partial charge is 0.394 e. The van der Waals surface area contributed by atoms with Crippen molar-refractivity contribution in [2.45, 2.75) is 13.0 Å². The van der Waals surface area contributed by atoms with Crippen LogP contribution in [0.4, 0.5) is 0 Å². The second kappa shape index (κ2) is 12.3. The highest BCUT2D eigenvalue weighted by Gasteiger charge is 1.89. The second-order valence-corrected chi connectivity index (χ2v) is 1.72. The van der Waals surface area contributed by atoms with Crippen molar-refractivity contribution in [2.24, 2.45) is 0 Å². The minimum atomic E-state index is -0.676. The smallest absolute Gasteiger partial charge is 0.0951 e. The molecule has 0 radical (unpaired) electrons. The molecule has 0 aliphatic rings. The van der Waals surface area contributed by atoms with Crippen molar-refractivity contribution >= 4 is 0 Å². The maximum atomic E-state index is 8.52. The molecule has 4 N–H and O–H groups in total. The first-order chi connectivity index (χ1) is 5.22. The van der Waals surface area contributed by atoms with Gasteiger partial charge in [0.1, 0.15) is 0 Å². The molecule has 0 amide bonds. The number of allylic oxidation sites excluding steroid dienone is 1. The number of aliphatic hydroxyl groups is 4. The van der Waals surface area contributed by atoms with E-state index < -0.39 is 6.10 Å². The van der Waals surface area contributed by atoms with Gasteiger partial charge in [0.25, 0.3) is 0 Å². The summed E-state index contributed by atoms with van der Waals surface area (Å²) in [6, 6.07) is 0. The molecule has 0 aliphatic carbocycles. The Morgan fingerprint density at radius 2 is 1.64 bits per heavy atom. The quantitative estimate of drug-likeness (QED) is 0.399. The van der Waals surface area contributed by atoms with E-state index in [1.54, 1.807) is 13.0 Å². The minimum absolute atomic E-state index is 0.125. The monoisotopic (exact) mass is 164 g/mol. The van der Waals surface area contributed by atoms with E-state index in [1.807, 2.05) is 0 Å². The first kappa shape index (κ1) is 13.2. The van der Waals surface area contributed by atoms with Crippen molar-refractivity contribution in [3.8, 4) is 0 Å². The highest BCUT2D eigenvalue weighted by molar-refractivity contribution is 4.84. The molecular weight excluding hydrogens is 148 g/mol. The Kier molecular flexibility index (Phi) is 14.7. The van der Waals surface area contributed by atoms with Crippen LogP contribution in [0.25, 0.3) is 0 Å². The molecule has 0 bridgehead atoms. The summed E-state index contributed by atoms with van der Waals surface area (Å²) in [4.78, 5) is 0. The van der Waals surface area contributed by atoms with Gasteiger partial charge in [0.2, 0.25) is 0 Å². The maximum Gasteiger partial charge on any atom is 0.0951 e. The summed E-state index contributed by atoms with van der Waals surface area (Å²) in [5.41, 5.74) is 0. The van der Waals surface area contributed by atoms with Crippen LogP contribution in [0, 0.1) is 0 Å². The molecular formula is C7H16O4. The Morgan fingerprint density at radius 3 is 1.73 bits per heavy atom. The molecule has 0 aliphatic heterocycles. The molecule has 11 heavy (non-hydrogen) atoms. The molecule has 4 nitrogen and oxygen atoms in total. The van der Waals surface area contributed by atoms with E-state index in [2.05, 4.69) is 0 Å². The molecule has 0 aromatic carbocycles. The summed E-state index contributed by atoms with van der Waals surface area (Å²) in [5.74, 6) is 0. The van der Waals surface area contributed by atoms with Crippen LogP contribution in [0.3, 0.4) is 0 Å². The Balaban J connectivity index is 0. The van der Waals surface area contributed by atoms with Gasteiger partial charge in [0, 0.05) is 0 Å². The van der Waals surface area contributed by atoms with Crippen LogP contribution in [0.5, 0.6) is 0 Å². The van der Waals surface area contributed by atoms with Gasteiger partial charge in [0.05, 0.1) is 25.9 Å². The maximum absolute atomic E-state index is 8.52. The Hall–Kier alpha value is -0.420. The van der Waals surface area contributed by atoms with Crippen molar-refractivity contribution < 1.29 is 20.4 Å². The third-order valence-electron chi connectivity index (χ3n) is 0.702. The fraction of sp³-hybridized carbons (Fsp3) is 0.714. The van der Waals surface area contributed by atoms with E-state index in [4.69, 9.17) is 20.4 Å². The molecule has 0 spiro atoms. The van der Waals surface area contributed by atoms with Crippen LogP contribution in [0.15, 0.2) is 12.2 Å². The third kappa shape index (κ3) is 17.7. The van der Waals surface area contributed by atoms with Gasteiger partial charge < -0.3 is 20.4 Å². The van der Waals surface area contributed by atoms with Crippen LogP contribution < -0.4 is 0 Å². The lowest BCUT2D eigenvalue weighted by Crippen LogP contribution is -2.06. The van der Waals surface area contributed by atoms with E-state index in [0.717, 1.165) is 0 Å². The Bertz CT molecular complexity index is 80.5. The number of hydrogen-bond acceptors (Lipinski definition) is 4. The SMILES string of the molecule is CC=CC(O)CO.OCCO. The standard InChI is InChI=1S/C5H10O2.C2H6O2/c1-2-3-5(7)4-6;3-1-2-4/h2-3,5-7H,4H2,1H3;3-4H,1-2H2. The molecule has 0 aromatic heterocycles. The zero-order valence-corrected chi connectivity index (χ0v) is 6.64. The van der Waals surface area contributed by atoms with Crippen molar-refractivity contribution in [3.05, 3.63) is 12.2 Å². The number of hydrogen-bond donors (Lipinski definition) is 4. The fourth-order valence-electron chi connectivity index (χ4n) is 0.283. The zero-order valence-electron chi connectivity index (χ0n) is 6.64. The summed E-state index contributed by atoms with van der Waals surface area (Å²) >= 11 is 0. The summed E-state index contributed by atoms with van der Waals surface area (Å²) in [6.07, 6.45) is 2.55. The van der Waals surface area contributed by atoms with Crippen LogP contribution in [0.2, 0.25) is 0 Å². The highest BCUT2D eigenvalue weighted by Crippen LogP contribution is 1.80. The summed E-state index contributed by atoms with van der Waals surface area (Å²) in [7, 11) is 0. The van der Waals surface area contributed by atoms with E-state index in [0.29, 0.717) is 0 Å². The Morgan fingerprint density at radius 1 is 1.18 bits per heavy atom. The van der Waals surface area contributed by atoms with Gasteiger partial charge >= 0.3 is 0 Å². The van der Waals surface area contributed by atoms with Crippen LogP contribution in [-0.4, -0.2) is 46.4 Å². The summed E-state index contributed by atoms with van der Waals surface area (Å²) in [6.45, 7) is 1.35. The van der Waals surface area contributed by atoms with Crippen molar-refractivity contribution in [2.75, 3.05) is 19.8 Å². The average Bonchev–Trinajstić information content (AvgIpc) is 2.05. The number of rotatable bonds is 3. The highest BCUT2D eigenvalue weighted by atomic mass is 16.3. The molecule has 4 heteroatoms. The predicted octanol–water partition coefficient (Wildman–Crippen LogP) is -1.11. The number of aliphatic hydroxyl groups excluding tert-OH is 4. The molecule has 0 rings (SSSR count). The van der Waals surface area contributed by atoms with Gasteiger partial charge in [-0.25, -0.2) is 0 Å². The van der Waals surface area contributed by atoms with Crippen molar-refractivity contribution in [1.29, 1.82) is 0 Å². The second-order valence-electron chi connectivity index (χ2n) is 1.72. The normalized spacial score (nSPS) is 12.5. The zero-order chi connectivity index (χ0) is 9.11. The van der Waals surface area contributed by atoms with Gasteiger partial charge in [0.15, 0.2) is 0 Å². The van der Waals surface area contributed by atoms with Crippen LogP contribution in [0.1, 0.15) is 6.92 Å². The van der Waals surface area contributed by atoms with Gasteiger partial charge in [-0.15, -0.1) is 0 Å². The van der Waals surface area contributed by atoms with Crippen LogP contribution in [-0.2, 0) is 0 Å². The molecule has 0 heterocycles. The van der Waals surface area contributed by atoms with E-state index in [-0.39, 0.29) is 19.8 Å². The fourth-order valence-corrected chi connectivity index (χ4v) is 0.283. The summed E-state index contributed by atoms with van der Waals surface area (Å²) < 4.78 is 0. The molecule has 68 valence electrons. The Labute approximate surface area is 66.4 Å². The van der Waals surface area contributed by atoms with Gasteiger partial charge in [-0.3, -0.25) is 0 Å². The lowest BCUT2D eigenvalue weighted by Gasteiger charge is -1.94. The third-order valence-corrected chi connectivity index (χ3v) is 0.702. The molecule has 1 unspecified atom stereocenters. The van der Waals surface area contributed by atoms with E-state index in [1.165, 1.54) is 6.08 Å². The lowest BCUT2D eigenvalue weighted by atomic mass is 10.3. The van der Waals surface area contributed by atoms with E-state index >= 15 is 0 Å². The first-order valence-electron chi connectivity index (χ1n) is 3.36. The van der Waals surface area contributed by atoms with Crippen LogP contribution >= 0.6 is 0 Å². The molecule has 1 atom stereocenters. The van der Waals surface area contributed by atoms with Crippen molar-refractivity contribution in [1.82, 2.24) is 0 Å². The predicted molar refractivity (Wildman–Crippen MR) is 42.1 cm³/mol. The molecule has 0 saturated heterocycles. The van der Waals surface area contributed by atoms with Gasteiger partial charge in [-0.2, -0.15) is 0 Å². The summed E-state index contributed by atoms with van der Waals surface area (Å²) in [5, 5.41) is 31.9. The lowest BCUT2D eigenvalue weighted by molar-refractivity contribution is 0.131. The van der Waals surface area contributed by atoms with Gasteiger partial charge in [-0.05, 0) is 6.92 Å². The average molecular weight is 164 g/mol. The first-order valence-corrected chi connectivity index (χ1v) is 3.36. The molecule has 0 aromatic rings. The van der Waals surface area contributed by atoms with E-state index in [9.17, 15) is 0 Å². The minimum Gasteiger partial charge on any atom is -0.394 e. The molecule has 0 saturated carbocycles.